The Morgan fingerprint density at radius 2 is 1.10 bits per heavy atom. The Morgan fingerprint density at radius 3 is 1.65 bits per heavy atom. The molecule has 0 saturated carbocycles. The Bertz CT molecular complexity index is 2030. The van der Waals surface area contributed by atoms with E-state index in [1.807, 2.05) is 0 Å². The maximum absolute atomic E-state index is 6.47. The SMILES string of the molecule is CC1/C=C\C(n2c3ccccc3c3ccccc32)=C/Cc2cc(-n3c4ccccc4c4ccccc43)ccc2O1. The van der Waals surface area contributed by atoms with Crippen LogP contribution in [0.1, 0.15) is 12.5 Å². The molecule has 40 heavy (non-hydrogen) atoms. The first-order valence-electron chi connectivity index (χ1n) is 13.9. The molecule has 0 fully saturated rings. The first kappa shape index (κ1) is 22.9. The van der Waals surface area contributed by atoms with Gasteiger partial charge >= 0.3 is 0 Å². The smallest absolute Gasteiger partial charge is 0.123 e. The van der Waals surface area contributed by atoms with Gasteiger partial charge in [0.05, 0.1) is 22.1 Å². The average Bonchev–Trinajstić information content (AvgIpc) is 3.53. The minimum absolute atomic E-state index is 0.0626. The maximum atomic E-state index is 6.47. The number of aromatic nitrogens is 2. The Kier molecular flexibility index (Phi) is 5.17. The van der Waals surface area contributed by atoms with E-state index < -0.39 is 0 Å². The summed E-state index contributed by atoms with van der Waals surface area (Å²) < 4.78 is 11.2. The van der Waals surface area contributed by atoms with Crippen molar-refractivity contribution < 1.29 is 4.74 Å². The minimum Gasteiger partial charge on any atom is -0.486 e. The predicted molar refractivity (Wildman–Crippen MR) is 167 cm³/mol. The van der Waals surface area contributed by atoms with Crippen molar-refractivity contribution in [2.75, 3.05) is 0 Å². The largest absolute Gasteiger partial charge is 0.486 e. The quantitative estimate of drug-likeness (QED) is 0.224. The number of nitrogens with zero attached hydrogens (tertiary/aromatic N) is 2. The Morgan fingerprint density at radius 1 is 0.600 bits per heavy atom. The van der Waals surface area contributed by atoms with E-state index in [1.165, 1.54) is 49.2 Å². The average molecular weight is 517 g/mol. The number of allylic oxidation sites excluding steroid dienone is 3. The summed E-state index contributed by atoms with van der Waals surface area (Å²) in [5.41, 5.74) is 8.33. The molecule has 0 amide bonds. The van der Waals surface area contributed by atoms with Gasteiger partial charge in [-0.05, 0) is 68.0 Å². The number of benzene rings is 5. The lowest BCUT2D eigenvalue weighted by atomic mass is 10.1. The van der Waals surface area contributed by atoms with Crippen LogP contribution in [0.25, 0.3) is 55.0 Å². The van der Waals surface area contributed by atoms with Crippen LogP contribution < -0.4 is 4.74 Å². The Hall–Kier alpha value is -5.02. The molecule has 0 N–H and O–H groups in total. The molecule has 7 aromatic rings. The molecule has 192 valence electrons. The molecule has 2 aromatic heterocycles. The van der Waals surface area contributed by atoms with E-state index in [-0.39, 0.29) is 6.10 Å². The summed E-state index contributed by atoms with van der Waals surface area (Å²) in [6.45, 7) is 2.11. The van der Waals surface area contributed by atoms with Crippen LogP contribution in [-0.2, 0) is 6.42 Å². The van der Waals surface area contributed by atoms with E-state index in [9.17, 15) is 0 Å². The summed E-state index contributed by atoms with van der Waals surface area (Å²) in [4.78, 5) is 0. The molecule has 3 heterocycles. The van der Waals surface area contributed by atoms with Crippen LogP contribution in [0.3, 0.4) is 0 Å². The molecule has 0 aliphatic carbocycles. The number of ether oxygens (including phenoxy) is 1. The topological polar surface area (TPSA) is 19.1 Å². The standard InChI is InChI=1S/C37H28N2O/c1-25-18-20-27(38-33-14-6-2-10-29(33)30-11-3-7-15-34(30)38)21-19-26-24-28(22-23-37(26)40-25)39-35-16-8-4-12-31(35)32-13-5-9-17-36(32)39/h2-18,20-25H,19H2,1H3/b20-18-,27-21+. The lowest BCUT2D eigenvalue weighted by Crippen LogP contribution is -2.09. The van der Waals surface area contributed by atoms with Crippen LogP contribution in [0.4, 0.5) is 0 Å². The molecule has 0 bridgehead atoms. The molecule has 1 unspecified atom stereocenters. The van der Waals surface area contributed by atoms with Crippen molar-refractivity contribution in [3.63, 3.8) is 0 Å². The zero-order valence-corrected chi connectivity index (χ0v) is 22.3. The van der Waals surface area contributed by atoms with Crippen molar-refractivity contribution in [2.24, 2.45) is 0 Å². The molecule has 1 atom stereocenters. The second-order valence-electron chi connectivity index (χ2n) is 10.5. The number of rotatable bonds is 2. The van der Waals surface area contributed by atoms with Crippen LogP contribution in [0, 0.1) is 0 Å². The fourth-order valence-corrected chi connectivity index (χ4v) is 6.30. The van der Waals surface area contributed by atoms with E-state index in [2.05, 4.69) is 150 Å². The highest BCUT2D eigenvalue weighted by molar-refractivity contribution is 6.11. The van der Waals surface area contributed by atoms with Gasteiger partial charge in [-0.3, -0.25) is 0 Å². The summed E-state index contributed by atoms with van der Waals surface area (Å²) in [5, 5.41) is 5.07. The zero-order chi connectivity index (χ0) is 26.6. The van der Waals surface area contributed by atoms with Gasteiger partial charge in [-0.25, -0.2) is 0 Å². The molecule has 1 aliphatic heterocycles. The van der Waals surface area contributed by atoms with E-state index in [0.717, 1.165) is 23.6 Å². The number of fused-ring (bicyclic) bond motifs is 7. The van der Waals surface area contributed by atoms with Gasteiger partial charge in [0.1, 0.15) is 11.9 Å². The number of hydrogen-bond acceptors (Lipinski definition) is 1. The van der Waals surface area contributed by atoms with Gasteiger partial charge in [-0.15, -0.1) is 0 Å². The number of para-hydroxylation sites is 4. The Balaban J connectivity index is 1.31. The molecular weight excluding hydrogens is 488 g/mol. The van der Waals surface area contributed by atoms with Crippen LogP contribution >= 0.6 is 0 Å². The van der Waals surface area contributed by atoms with Crippen molar-refractivity contribution in [2.45, 2.75) is 19.4 Å². The summed E-state index contributed by atoms with van der Waals surface area (Å²) >= 11 is 0. The zero-order valence-electron chi connectivity index (χ0n) is 22.3. The minimum atomic E-state index is -0.0626. The molecule has 8 rings (SSSR count). The maximum Gasteiger partial charge on any atom is 0.123 e. The second kappa shape index (κ2) is 9.03. The van der Waals surface area contributed by atoms with Crippen molar-refractivity contribution >= 4 is 49.3 Å². The first-order chi connectivity index (χ1) is 19.8. The normalized spacial score (nSPS) is 17.6. The van der Waals surface area contributed by atoms with Gasteiger partial charge in [0.15, 0.2) is 0 Å². The van der Waals surface area contributed by atoms with E-state index >= 15 is 0 Å². The van der Waals surface area contributed by atoms with E-state index in [0.29, 0.717) is 0 Å². The summed E-state index contributed by atoms with van der Waals surface area (Å²) in [5.74, 6) is 0.932. The fourth-order valence-electron chi connectivity index (χ4n) is 6.30. The van der Waals surface area contributed by atoms with Crippen LogP contribution in [-0.4, -0.2) is 15.2 Å². The molecule has 1 aliphatic rings. The molecule has 0 radical (unpaired) electrons. The van der Waals surface area contributed by atoms with E-state index in [1.54, 1.807) is 0 Å². The summed E-state index contributed by atoms with van der Waals surface area (Å²) in [7, 11) is 0. The first-order valence-corrected chi connectivity index (χ1v) is 13.9. The van der Waals surface area contributed by atoms with Gasteiger partial charge in [-0.1, -0.05) is 78.9 Å². The van der Waals surface area contributed by atoms with Crippen LogP contribution in [0.15, 0.2) is 133 Å². The Labute approximate surface area is 232 Å². The lowest BCUT2D eigenvalue weighted by molar-refractivity contribution is 0.268. The summed E-state index contributed by atoms with van der Waals surface area (Å²) in [6, 6.07) is 41.3. The van der Waals surface area contributed by atoms with Crippen molar-refractivity contribution in [1.29, 1.82) is 0 Å². The van der Waals surface area contributed by atoms with Gasteiger partial charge in [-0.2, -0.15) is 0 Å². The predicted octanol–water partition coefficient (Wildman–Crippen LogP) is 9.31. The van der Waals surface area contributed by atoms with Gasteiger partial charge in [0.2, 0.25) is 0 Å². The highest BCUT2D eigenvalue weighted by Crippen LogP contribution is 2.36. The molecule has 0 spiro atoms. The second-order valence-corrected chi connectivity index (χ2v) is 10.5. The highest BCUT2D eigenvalue weighted by atomic mass is 16.5. The molecule has 3 nitrogen and oxygen atoms in total. The third-order valence-electron chi connectivity index (χ3n) is 8.10. The third-order valence-corrected chi connectivity index (χ3v) is 8.10. The third kappa shape index (κ3) is 3.51. The lowest BCUT2D eigenvalue weighted by Gasteiger charge is -2.16. The monoisotopic (exact) mass is 516 g/mol. The fraction of sp³-hybridized carbons (Fsp3) is 0.0811. The van der Waals surface area contributed by atoms with Gasteiger partial charge < -0.3 is 13.9 Å². The van der Waals surface area contributed by atoms with Crippen molar-refractivity contribution in [3.05, 3.63) is 139 Å². The molecular formula is C37H28N2O. The van der Waals surface area contributed by atoms with Crippen molar-refractivity contribution in [3.8, 4) is 11.4 Å². The highest BCUT2D eigenvalue weighted by Gasteiger charge is 2.17. The number of hydrogen-bond donors (Lipinski definition) is 0. The molecule has 0 saturated heterocycles. The van der Waals surface area contributed by atoms with Gasteiger partial charge in [0.25, 0.3) is 0 Å². The van der Waals surface area contributed by atoms with Crippen molar-refractivity contribution in [1.82, 2.24) is 9.13 Å². The molecule has 5 aromatic carbocycles. The molecule has 3 heteroatoms. The van der Waals surface area contributed by atoms with Crippen LogP contribution in [0.2, 0.25) is 0 Å². The van der Waals surface area contributed by atoms with Gasteiger partial charge in [0, 0.05) is 38.5 Å². The summed E-state index contributed by atoms with van der Waals surface area (Å²) in [6.07, 6.45) is 7.40. The van der Waals surface area contributed by atoms with E-state index in [4.69, 9.17) is 4.74 Å². The van der Waals surface area contributed by atoms with Crippen LogP contribution in [0.5, 0.6) is 5.75 Å².